The lowest BCUT2D eigenvalue weighted by Crippen LogP contribution is -2.44. The first-order valence-corrected chi connectivity index (χ1v) is 7.30. The van der Waals surface area contributed by atoms with Crippen LogP contribution in [0.2, 0.25) is 0 Å². The van der Waals surface area contributed by atoms with E-state index in [9.17, 15) is 0 Å². The fourth-order valence-corrected chi connectivity index (χ4v) is 2.83. The zero-order chi connectivity index (χ0) is 13.1. The standard InChI is InChI=1S/C13H23N5O/c1-12-11-19-9-8-17(12)13-10-14-18(15-13)7-6-16-4-2-3-5-16/h10,12H,2-9,11H2,1H3. The van der Waals surface area contributed by atoms with E-state index in [0.29, 0.717) is 6.04 Å². The van der Waals surface area contributed by atoms with Crippen molar-refractivity contribution >= 4 is 5.82 Å². The first kappa shape index (κ1) is 12.9. The molecule has 0 radical (unpaired) electrons. The summed E-state index contributed by atoms with van der Waals surface area (Å²) >= 11 is 0. The topological polar surface area (TPSA) is 46.4 Å². The highest BCUT2D eigenvalue weighted by Gasteiger charge is 2.21. The molecule has 6 heteroatoms. The van der Waals surface area contributed by atoms with Gasteiger partial charge in [-0.1, -0.05) is 0 Å². The van der Waals surface area contributed by atoms with Crippen LogP contribution in [-0.4, -0.2) is 65.3 Å². The second-order valence-electron chi connectivity index (χ2n) is 5.46. The van der Waals surface area contributed by atoms with Crippen molar-refractivity contribution in [3.63, 3.8) is 0 Å². The third-order valence-corrected chi connectivity index (χ3v) is 4.00. The van der Waals surface area contributed by atoms with Crippen molar-refractivity contribution in [2.24, 2.45) is 0 Å². The fraction of sp³-hybridized carbons (Fsp3) is 0.846. The minimum atomic E-state index is 0.387. The summed E-state index contributed by atoms with van der Waals surface area (Å²) in [6.07, 6.45) is 4.55. The van der Waals surface area contributed by atoms with E-state index in [0.717, 1.165) is 38.7 Å². The molecule has 0 N–H and O–H groups in total. The Morgan fingerprint density at radius 3 is 2.89 bits per heavy atom. The van der Waals surface area contributed by atoms with Crippen LogP contribution in [0, 0.1) is 0 Å². The molecule has 6 nitrogen and oxygen atoms in total. The number of hydrogen-bond donors (Lipinski definition) is 0. The maximum Gasteiger partial charge on any atom is 0.171 e. The van der Waals surface area contributed by atoms with Gasteiger partial charge in [0.1, 0.15) is 0 Å². The summed E-state index contributed by atoms with van der Waals surface area (Å²) in [4.78, 5) is 6.60. The number of morpholine rings is 1. The van der Waals surface area contributed by atoms with E-state index >= 15 is 0 Å². The van der Waals surface area contributed by atoms with Crippen molar-refractivity contribution in [3.8, 4) is 0 Å². The maximum absolute atomic E-state index is 5.45. The Morgan fingerprint density at radius 1 is 1.26 bits per heavy atom. The number of nitrogens with zero attached hydrogens (tertiary/aromatic N) is 5. The first-order chi connectivity index (χ1) is 9.33. The van der Waals surface area contributed by atoms with Crippen LogP contribution in [0.1, 0.15) is 19.8 Å². The molecule has 0 amide bonds. The van der Waals surface area contributed by atoms with Gasteiger partial charge in [-0.15, -0.1) is 5.10 Å². The largest absolute Gasteiger partial charge is 0.377 e. The Balaban J connectivity index is 1.56. The van der Waals surface area contributed by atoms with Gasteiger partial charge in [0.2, 0.25) is 0 Å². The van der Waals surface area contributed by atoms with Gasteiger partial charge < -0.3 is 14.5 Å². The summed E-state index contributed by atoms with van der Waals surface area (Å²) in [6, 6.07) is 0.387. The van der Waals surface area contributed by atoms with Gasteiger partial charge in [0.05, 0.1) is 32.0 Å². The molecular formula is C13H23N5O. The summed E-state index contributed by atoms with van der Waals surface area (Å²) in [5.41, 5.74) is 0. The molecule has 1 aromatic heterocycles. The van der Waals surface area contributed by atoms with Crippen LogP contribution >= 0.6 is 0 Å². The normalized spacial score (nSPS) is 25.1. The summed E-state index contributed by atoms with van der Waals surface area (Å²) in [6.45, 7) is 9.05. The fourth-order valence-electron chi connectivity index (χ4n) is 2.83. The molecule has 2 saturated heterocycles. The lowest BCUT2D eigenvalue weighted by Gasteiger charge is -2.32. The highest BCUT2D eigenvalue weighted by atomic mass is 16.5. The van der Waals surface area contributed by atoms with Crippen LogP contribution in [0.3, 0.4) is 0 Å². The van der Waals surface area contributed by atoms with Gasteiger partial charge in [-0.2, -0.15) is 9.90 Å². The Bertz CT molecular complexity index is 401. The zero-order valence-electron chi connectivity index (χ0n) is 11.7. The molecule has 3 rings (SSSR count). The molecule has 2 aliphatic heterocycles. The highest BCUT2D eigenvalue weighted by Crippen LogP contribution is 2.15. The molecule has 2 fully saturated rings. The van der Waals surface area contributed by atoms with Gasteiger partial charge in [-0.3, -0.25) is 0 Å². The van der Waals surface area contributed by atoms with Crippen molar-refractivity contribution in [2.75, 3.05) is 44.3 Å². The lowest BCUT2D eigenvalue weighted by molar-refractivity contribution is 0.0984. The Morgan fingerprint density at radius 2 is 2.11 bits per heavy atom. The summed E-state index contributed by atoms with van der Waals surface area (Å²) in [5.74, 6) is 0.984. The molecular weight excluding hydrogens is 242 g/mol. The van der Waals surface area contributed by atoms with Crippen LogP contribution < -0.4 is 4.90 Å². The van der Waals surface area contributed by atoms with Gasteiger partial charge in [-0.05, 0) is 32.9 Å². The zero-order valence-corrected chi connectivity index (χ0v) is 11.7. The number of aromatic nitrogens is 3. The Hall–Kier alpha value is -1.14. The monoisotopic (exact) mass is 265 g/mol. The van der Waals surface area contributed by atoms with E-state index in [-0.39, 0.29) is 0 Å². The van der Waals surface area contributed by atoms with Crippen molar-refractivity contribution in [1.82, 2.24) is 19.9 Å². The molecule has 0 saturated carbocycles. The maximum atomic E-state index is 5.45. The summed E-state index contributed by atoms with van der Waals surface area (Å²) in [5, 5.41) is 8.98. The number of anilines is 1. The first-order valence-electron chi connectivity index (χ1n) is 7.30. The van der Waals surface area contributed by atoms with Crippen LogP contribution in [0.15, 0.2) is 6.20 Å². The molecule has 1 unspecified atom stereocenters. The molecule has 1 atom stereocenters. The van der Waals surface area contributed by atoms with Gasteiger partial charge in [0, 0.05) is 13.1 Å². The highest BCUT2D eigenvalue weighted by molar-refractivity contribution is 5.36. The Labute approximate surface area is 114 Å². The van der Waals surface area contributed by atoms with E-state index in [1.807, 2.05) is 11.0 Å². The Kier molecular flexibility index (Phi) is 3.98. The van der Waals surface area contributed by atoms with E-state index < -0.39 is 0 Å². The minimum absolute atomic E-state index is 0.387. The molecule has 2 aliphatic rings. The average Bonchev–Trinajstić information content (AvgIpc) is 3.08. The molecule has 3 heterocycles. The van der Waals surface area contributed by atoms with E-state index in [4.69, 9.17) is 4.74 Å². The van der Waals surface area contributed by atoms with Crippen molar-refractivity contribution < 1.29 is 4.74 Å². The predicted octanol–water partition coefficient (Wildman–Crippen LogP) is 0.599. The van der Waals surface area contributed by atoms with Crippen molar-refractivity contribution in [2.45, 2.75) is 32.4 Å². The average molecular weight is 265 g/mol. The van der Waals surface area contributed by atoms with Crippen LogP contribution in [0.5, 0.6) is 0 Å². The molecule has 1 aromatic rings. The molecule has 106 valence electrons. The van der Waals surface area contributed by atoms with E-state index in [2.05, 4.69) is 26.9 Å². The lowest BCUT2D eigenvalue weighted by atomic mass is 10.2. The number of hydrogen-bond acceptors (Lipinski definition) is 5. The number of rotatable bonds is 4. The SMILES string of the molecule is CC1COCCN1c1cnn(CCN2CCCC2)n1. The molecule has 0 aromatic carbocycles. The quantitative estimate of drug-likeness (QED) is 0.798. The van der Waals surface area contributed by atoms with Gasteiger partial charge in [-0.25, -0.2) is 0 Å². The smallest absolute Gasteiger partial charge is 0.171 e. The summed E-state index contributed by atoms with van der Waals surface area (Å²) in [7, 11) is 0. The van der Waals surface area contributed by atoms with Crippen LogP contribution in [0.4, 0.5) is 5.82 Å². The van der Waals surface area contributed by atoms with Gasteiger partial charge in [0.25, 0.3) is 0 Å². The predicted molar refractivity (Wildman–Crippen MR) is 73.3 cm³/mol. The molecule has 0 aliphatic carbocycles. The van der Waals surface area contributed by atoms with Crippen molar-refractivity contribution in [1.29, 1.82) is 0 Å². The molecule has 19 heavy (non-hydrogen) atoms. The van der Waals surface area contributed by atoms with E-state index in [1.165, 1.54) is 25.9 Å². The number of ether oxygens (including phenoxy) is 1. The van der Waals surface area contributed by atoms with Gasteiger partial charge in [0.15, 0.2) is 5.82 Å². The molecule has 0 spiro atoms. The minimum Gasteiger partial charge on any atom is -0.377 e. The summed E-state index contributed by atoms with van der Waals surface area (Å²) < 4.78 is 5.45. The second-order valence-corrected chi connectivity index (χ2v) is 5.46. The van der Waals surface area contributed by atoms with Crippen LogP contribution in [-0.2, 0) is 11.3 Å². The van der Waals surface area contributed by atoms with E-state index in [1.54, 1.807) is 0 Å². The molecule has 0 bridgehead atoms. The number of likely N-dealkylation sites (tertiary alicyclic amines) is 1. The third kappa shape index (κ3) is 3.06. The third-order valence-electron chi connectivity index (χ3n) is 4.00. The second kappa shape index (κ2) is 5.88. The van der Waals surface area contributed by atoms with Crippen LogP contribution in [0.25, 0.3) is 0 Å². The van der Waals surface area contributed by atoms with Gasteiger partial charge >= 0.3 is 0 Å². The van der Waals surface area contributed by atoms with Crippen molar-refractivity contribution in [3.05, 3.63) is 6.20 Å².